The number of hydrogen-bond donors (Lipinski definition) is 5. The van der Waals surface area contributed by atoms with Crippen LogP contribution >= 0.6 is 11.6 Å². The van der Waals surface area contributed by atoms with Crippen LogP contribution in [0, 0.1) is 17.0 Å². The first-order valence-corrected chi connectivity index (χ1v) is 17.6. The maximum atomic E-state index is 14.9. The molecule has 2 aromatic carbocycles. The molecule has 0 spiro atoms. The zero-order valence-electron chi connectivity index (χ0n) is 28.3. The number of hydrogen-bond acceptors (Lipinski definition) is 10. The van der Waals surface area contributed by atoms with Crippen LogP contribution in [-0.2, 0) is 9.63 Å². The van der Waals surface area contributed by atoms with Crippen LogP contribution in [0.3, 0.4) is 0 Å². The molecule has 0 radical (unpaired) electrons. The Morgan fingerprint density at radius 3 is 2.30 bits per heavy atom. The first-order valence-electron chi connectivity index (χ1n) is 17.2. The summed E-state index contributed by atoms with van der Waals surface area (Å²) in [5.74, 6) is 4.25. The molecule has 4 fully saturated rings. The number of carbonyl (C=O) groups excluding carboxylic acids is 1. The van der Waals surface area contributed by atoms with Crippen LogP contribution in [0.15, 0.2) is 48.8 Å². The maximum Gasteiger partial charge on any atom is 0.247 e. The molecule has 1 amide bonds. The number of amides is 1. The minimum atomic E-state index is -0.899. The second-order valence-corrected chi connectivity index (χ2v) is 13.5. The summed E-state index contributed by atoms with van der Waals surface area (Å²) in [4.78, 5) is 25.8. The molecule has 12 nitrogen and oxygen atoms in total. The van der Waals surface area contributed by atoms with Crippen LogP contribution in [0.5, 0.6) is 5.75 Å². The molecule has 0 bridgehead atoms. The zero-order valence-corrected chi connectivity index (χ0v) is 29.1. The van der Waals surface area contributed by atoms with Gasteiger partial charge in [0.1, 0.15) is 34.1 Å². The van der Waals surface area contributed by atoms with Gasteiger partial charge in [0, 0.05) is 75.5 Å². The van der Waals surface area contributed by atoms with Crippen molar-refractivity contribution in [1.82, 2.24) is 20.3 Å². The molecule has 3 saturated heterocycles. The highest BCUT2D eigenvalue weighted by Crippen LogP contribution is 2.40. The van der Waals surface area contributed by atoms with E-state index in [1.54, 1.807) is 13.2 Å². The summed E-state index contributed by atoms with van der Waals surface area (Å²) in [5, 5.41) is 15.4. The van der Waals surface area contributed by atoms with Gasteiger partial charge in [0.25, 0.3) is 0 Å². The Balaban J connectivity index is 1.17. The molecule has 15 heteroatoms. The fraction of sp³-hybridized carbons (Fsp3) is 0.486. The van der Waals surface area contributed by atoms with Gasteiger partial charge in [-0.2, -0.15) is 0 Å². The van der Waals surface area contributed by atoms with Gasteiger partial charge in [0.2, 0.25) is 5.91 Å². The van der Waals surface area contributed by atoms with Crippen LogP contribution in [-0.4, -0.2) is 91.7 Å². The molecule has 1 saturated carbocycles. The van der Waals surface area contributed by atoms with E-state index in [1.165, 1.54) is 42.5 Å². The van der Waals surface area contributed by atoms with Crippen molar-refractivity contribution in [3.05, 3.63) is 71.0 Å². The predicted octanol–water partition coefficient (Wildman–Crippen LogP) is 4.96. The van der Waals surface area contributed by atoms with Gasteiger partial charge in [-0.15, -0.1) is 0 Å². The second kappa shape index (κ2) is 15.9. The minimum absolute atomic E-state index is 0.109. The molecule has 0 unspecified atom stereocenters. The summed E-state index contributed by atoms with van der Waals surface area (Å²) in [5.41, 5.74) is 4.50. The topological polar surface area (TPSA) is 134 Å². The third kappa shape index (κ3) is 7.69. The lowest BCUT2D eigenvalue weighted by Crippen LogP contribution is -2.56. The average Bonchev–Trinajstić information content (AvgIpc) is 3.60. The predicted molar refractivity (Wildman–Crippen MR) is 191 cm³/mol. The Morgan fingerprint density at radius 2 is 1.70 bits per heavy atom. The lowest BCUT2D eigenvalue weighted by atomic mass is 9.91. The number of ether oxygens (including phenoxy) is 1. The van der Waals surface area contributed by atoms with Crippen molar-refractivity contribution < 1.29 is 23.1 Å². The molecule has 1 aliphatic carbocycles. The lowest BCUT2D eigenvalue weighted by molar-refractivity contribution is -0.111. The maximum absolute atomic E-state index is 14.9. The molecule has 6 N–H and O–H groups in total. The number of nitrogens with two attached hydrogens (primary N) is 1. The van der Waals surface area contributed by atoms with Gasteiger partial charge in [-0.3, -0.25) is 24.8 Å². The summed E-state index contributed by atoms with van der Waals surface area (Å²) >= 11 is 5.82. The van der Waals surface area contributed by atoms with Crippen molar-refractivity contribution in [3.63, 3.8) is 0 Å². The van der Waals surface area contributed by atoms with Gasteiger partial charge in [-0.05, 0) is 43.9 Å². The molecule has 3 aliphatic heterocycles. The number of anilines is 3. The smallest absolute Gasteiger partial charge is 0.247 e. The van der Waals surface area contributed by atoms with Crippen molar-refractivity contribution in [3.8, 4) is 5.75 Å². The summed E-state index contributed by atoms with van der Waals surface area (Å²) < 4.78 is 34.5. The van der Waals surface area contributed by atoms with E-state index in [1.807, 2.05) is 6.07 Å². The van der Waals surface area contributed by atoms with Crippen LogP contribution in [0.25, 0.3) is 0 Å². The van der Waals surface area contributed by atoms with Crippen LogP contribution in [0.2, 0.25) is 5.02 Å². The van der Waals surface area contributed by atoms with E-state index in [9.17, 15) is 13.6 Å². The van der Waals surface area contributed by atoms with Crippen LogP contribution in [0.1, 0.15) is 50.1 Å². The van der Waals surface area contributed by atoms with Crippen molar-refractivity contribution in [2.45, 2.75) is 56.7 Å². The van der Waals surface area contributed by atoms with E-state index in [2.05, 4.69) is 37.3 Å². The van der Waals surface area contributed by atoms with Gasteiger partial charge in [0.15, 0.2) is 0 Å². The van der Waals surface area contributed by atoms with E-state index in [0.717, 1.165) is 69.9 Å². The zero-order chi connectivity index (χ0) is 35.4. The van der Waals surface area contributed by atoms with Crippen molar-refractivity contribution in [2.75, 3.05) is 68.5 Å². The second-order valence-electron chi connectivity index (χ2n) is 13.1. The monoisotopic (exact) mass is 713 g/mol. The quantitative estimate of drug-likeness (QED) is 0.0543. The SMILES string of the molecule is C=CC(=O)Nc1cc(N/C(=C/C(=N)N2OCC[C@@H]2c2ccc(F)c(Cl)c2F)NN)c(OC)cc1N1CCC(N2CCN(C3CCC3)CC2)CC1. The van der Waals surface area contributed by atoms with Crippen molar-refractivity contribution in [2.24, 2.45) is 5.84 Å². The Hall–Kier alpha value is -3.95. The molecule has 50 heavy (non-hydrogen) atoms. The number of piperazine rings is 1. The number of nitrogens with zero attached hydrogens (tertiary/aromatic N) is 4. The number of amidine groups is 1. The molecule has 2 aromatic rings. The van der Waals surface area contributed by atoms with Crippen molar-refractivity contribution in [1.29, 1.82) is 5.41 Å². The highest BCUT2D eigenvalue weighted by Gasteiger charge is 2.34. The lowest BCUT2D eigenvalue weighted by Gasteiger charge is -2.46. The van der Waals surface area contributed by atoms with Gasteiger partial charge in [-0.25, -0.2) is 19.7 Å². The Labute approximate surface area is 296 Å². The number of carbonyl (C=O) groups is 1. The number of nitrogens with one attached hydrogen (secondary N) is 4. The largest absolute Gasteiger partial charge is 0.494 e. The summed E-state index contributed by atoms with van der Waals surface area (Å²) in [6.45, 7) is 9.99. The van der Waals surface area contributed by atoms with Gasteiger partial charge in [-0.1, -0.05) is 30.7 Å². The van der Waals surface area contributed by atoms with Gasteiger partial charge >= 0.3 is 0 Å². The molecule has 0 aromatic heterocycles. The fourth-order valence-corrected chi connectivity index (χ4v) is 7.49. The number of rotatable bonds is 11. The normalized spacial score (nSPS) is 21.1. The molecule has 3 heterocycles. The summed E-state index contributed by atoms with van der Waals surface area (Å²) in [6.07, 6.45) is 9.01. The first kappa shape index (κ1) is 35.9. The minimum Gasteiger partial charge on any atom is -0.494 e. The van der Waals surface area contributed by atoms with E-state index >= 15 is 0 Å². The standard InChI is InChI=1S/C35H46ClF2N9O3/c1-3-33(48)42-26-19-27(41-32(43-40)21-31(39)47-28(11-18-50-47)24-7-8-25(37)34(36)35(24)38)30(49-2)20-29(26)46-12-9-23(10-13-46)45-16-14-44(15-17-45)22-5-4-6-22/h3,7-8,19-23,28,39,41,43H,1,4-6,9-18,40H2,2H3,(H,42,48)/b32-21-,39-31?/t28-/m1/s1. The molecular formula is C35H46ClF2N9O3. The number of halogens is 3. The molecular weight excluding hydrogens is 668 g/mol. The highest BCUT2D eigenvalue weighted by molar-refractivity contribution is 6.31. The average molecular weight is 714 g/mol. The summed E-state index contributed by atoms with van der Waals surface area (Å²) in [6, 6.07) is 6.61. The van der Waals surface area contributed by atoms with Crippen LogP contribution in [0.4, 0.5) is 25.8 Å². The molecule has 6 rings (SSSR count). The molecule has 4 aliphatic rings. The van der Waals surface area contributed by atoms with Crippen molar-refractivity contribution >= 4 is 40.4 Å². The van der Waals surface area contributed by atoms with Gasteiger partial charge < -0.3 is 25.7 Å². The fourth-order valence-electron chi connectivity index (χ4n) is 7.32. The Morgan fingerprint density at radius 1 is 1.02 bits per heavy atom. The van der Waals surface area contributed by atoms with E-state index < -0.39 is 22.7 Å². The van der Waals surface area contributed by atoms with E-state index in [4.69, 9.17) is 32.4 Å². The number of piperidine rings is 1. The number of benzene rings is 2. The number of hydrazine groups is 1. The van der Waals surface area contributed by atoms with Gasteiger partial charge in [0.05, 0.1) is 36.8 Å². The third-order valence-corrected chi connectivity index (χ3v) is 10.6. The number of methoxy groups -OCH3 is 1. The Bertz CT molecular complexity index is 1610. The third-order valence-electron chi connectivity index (χ3n) is 10.3. The number of hydroxylamine groups is 2. The Kier molecular flexibility index (Phi) is 11.4. The highest BCUT2D eigenvalue weighted by atomic mass is 35.5. The van der Waals surface area contributed by atoms with E-state index in [-0.39, 0.29) is 29.7 Å². The molecule has 270 valence electrons. The first-order chi connectivity index (χ1) is 24.2. The van der Waals surface area contributed by atoms with E-state index in [0.29, 0.717) is 29.6 Å². The van der Waals surface area contributed by atoms with Crippen LogP contribution < -0.4 is 31.5 Å². The molecule has 1 atom stereocenters. The summed E-state index contributed by atoms with van der Waals surface area (Å²) in [7, 11) is 1.55.